The minimum Gasteiger partial charge on any atom is -0.486 e. The third kappa shape index (κ3) is 5.78. The predicted octanol–water partition coefficient (Wildman–Crippen LogP) is 6.59. The number of ether oxygens (including phenoxy) is 2. The Kier molecular flexibility index (Phi) is 7.71. The second kappa shape index (κ2) is 11.5. The number of esters is 1. The summed E-state index contributed by atoms with van der Waals surface area (Å²) in [7, 11) is 1.43. The monoisotopic (exact) mass is 494 g/mol. The van der Waals surface area contributed by atoms with Crippen LogP contribution in [0.1, 0.15) is 36.9 Å². The largest absolute Gasteiger partial charge is 0.486 e. The number of fused-ring (bicyclic) bond motifs is 2. The van der Waals surface area contributed by atoms with Crippen LogP contribution in [0, 0.1) is 0 Å². The van der Waals surface area contributed by atoms with Gasteiger partial charge in [0.05, 0.1) is 19.3 Å². The molecule has 2 atom stereocenters. The zero-order valence-electron chi connectivity index (χ0n) is 21.5. The van der Waals surface area contributed by atoms with Crippen LogP contribution in [0.2, 0.25) is 0 Å². The molecule has 5 rings (SSSR count). The average Bonchev–Trinajstić information content (AvgIpc) is 2.95. The fourth-order valence-corrected chi connectivity index (χ4v) is 5.12. The zero-order valence-corrected chi connectivity index (χ0v) is 21.5. The maximum absolute atomic E-state index is 11.6. The van der Waals surface area contributed by atoms with E-state index in [4.69, 9.17) is 9.47 Å². The van der Waals surface area contributed by atoms with E-state index in [0.29, 0.717) is 12.8 Å². The van der Waals surface area contributed by atoms with E-state index in [1.807, 2.05) is 18.2 Å². The summed E-state index contributed by atoms with van der Waals surface area (Å²) < 4.78 is 11.2. The Balaban J connectivity index is 1.27. The van der Waals surface area contributed by atoms with E-state index >= 15 is 0 Å². The van der Waals surface area contributed by atoms with Gasteiger partial charge in [0.25, 0.3) is 0 Å². The van der Waals surface area contributed by atoms with Gasteiger partial charge in [-0.1, -0.05) is 66.7 Å². The molecule has 1 N–H and O–H groups in total. The first-order chi connectivity index (χ1) is 18.1. The summed E-state index contributed by atoms with van der Waals surface area (Å²) in [5.74, 6) is 0.716. The normalized spacial score (nSPS) is 15.6. The summed E-state index contributed by atoms with van der Waals surface area (Å²) in [5.41, 5.74) is 4.62. The average molecular weight is 495 g/mol. The van der Waals surface area contributed by atoms with Crippen molar-refractivity contribution in [1.29, 1.82) is 0 Å². The molecule has 0 saturated heterocycles. The number of rotatable bonds is 9. The van der Waals surface area contributed by atoms with Crippen LogP contribution in [-0.4, -0.2) is 32.3 Å². The van der Waals surface area contributed by atoms with Crippen molar-refractivity contribution in [3.63, 3.8) is 0 Å². The molecule has 0 aliphatic carbocycles. The number of methoxy groups -OCH3 is 1. The zero-order chi connectivity index (χ0) is 25.6. The summed E-state index contributed by atoms with van der Waals surface area (Å²) in [6.45, 7) is 3.84. The highest BCUT2D eigenvalue weighted by Crippen LogP contribution is 2.38. The van der Waals surface area contributed by atoms with E-state index in [9.17, 15) is 4.79 Å². The van der Waals surface area contributed by atoms with Gasteiger partial charge in [0.1, 0.15) is 11.9 Å². The third-order valence-corrected chi connectivity index (χ3v) is 7.11. The molecule has 1 aliphatic rings. The van der Waals surface area contributed by atoms with E-state index in [1.54, 1.807) is 0 Å². The van der Waals surface area contributed by atoms with Gasteiger partial charge in [-0.2, -0.15) is 0 Å². The Bertz CT molecular complexity index is 1360. The van der Waals surface area contributed by atoms with Crippen LogP contribution < -0.4 is 15.0 Å². The maximum Gasteiger partial charge on any atom is 0.305 e. The Hall–Kier alpha value is -3.83. The smallest absolute Gasteiger partial charge is 0.305 e. The molecular formula is C32H34N2O3. The molecule has 5 nitrogen and oxygen atoms in total. The number of anilines is 2. The van der Waals surface area contributed by atoms with Gasteiger partial charge in [-0.05, 0) is 72.5 Å². The third-order valence-electron chi connectivity index (χ3n) is 7.11. The van der Waals surface area contributed by atoms with Gasteiger partial charge < -0.3 is 19.7 Å². The van der Waals surface area contributed by atoms with Crippen LogP contribution >= 0.6 is 0 Å². The number of carbonyl (C=O) groups is 1. The minimum absolute atomic E-state index is 0.0563. The van der Waals surface area contributed by atoms with Crippen LogP contribution in [-0.2, 0) is 16.0 Å². The number of hydrogen-bond acceptors (Lipinski definition) is 5. The molecule has 4 aromatic carbocycles. The number of para-hydroxylation sites is 2. The first-order valence-corrected chi connectivity index (χ1v) is 13.0. The standard InChI is InChI=1S/C32H34N2O3/c1-23(28-14-8-11-25-10-3-4-13-29(25)28)33-20-19-27-22-34(30-15-5-6-16-31(30)37-27)26-12-7-9-24(21-26)17-18-32(35)36-2/h3-16,21,23,27,33H,17-20,22H2,1-2H3/t23-,27?/m1/s1. The van der Waals surface area contributed by atoms with Crippen molar-refractivity contribution in [3.05, 3.63) is 102 Å². The van der Waals surface area contributed by atoms with Crippen molar-refractivity contribution in [2.24, 2.45) is 0 Å². The number of hydrogen-bond donors (Lipinski definition) is 1. The minimum atomic E-state index is -0.188. The number of nitrogens with one attached hydrogen (secondary N) is 1. The molecule has 0 amide bonds. The predicted molar refractivity (Wildman–Crippen MR) is 150 cm³/mol. The molecule has 0 saturated carbocycles. The van der Waals surface area contributed by atoms with Crippen molar-refractivity contribution in [3.8, 4) is 5.75 Å². The molecule has 0 fully saturated rings. The Morgan fingerprint density at radius 1 is 1.03 bits per heavy atom. The summed E-state index contributed by atoms with van der Waals surface area (Å²) in [4.78, 5) is 14.0. The van der Waals surface area contributed by atoms with Crippen molar-refractivity contribution >= 4 is 28.1 Å². The maximum atomic E-state index is 11.6. The number of benzene rings is 4. The summed E-state index contributed by atoms with van der Waals surface area (Å²) in [6, 6.07) is 31.9. The Labute approximate surface area is 219 Å². The topological polar surface area (TPSA) is 50.8 Å². The molecule has 190 valence electrons. The van der Waals surface area contributed by atoms with Crippen LogP contribution in [0.4, 0.5) is 11.4 Å². The molecule has 4 aromatic rings. The quantitative estimate of drug-likeness (QED) is 0.266. The van der Waals surface area contributed by atoms with Crippen LogP contribution in [0.15, 0.2) is 91.0 Å². The summed E-state index contributed by atoms with van der Waals surface area (Å²) >= 11 is 0. The van der Waals surface area contributed by atoms with Crippen molar-refractivity contribution in [2.45, 2.75) is 38.3 Å². The number of nitrogens with zero attached hydrogens (tertiary/aromatic N) is 1. The molecule has 1 aliphatic heterocycles. The number of carbonyl (C=O) groups excluding carboxylic acids is 1. The highest BCUT2D eigenvalue weighted by molar-refractivity contribution is 5.86. The molecule has 37 heavy (non-hydrogen) atoms. The van der Waals surface area contributed by atoms with Gasteiger partial charge in [0, 0.05) is 18.2 Å². The molecule has 1 heterocycles. The Morgan fingerprint density at radius 3 is 2.70 bits per heavy atom. The highest BCUT2D eigenvalue weighted by atomic mass is 16.5. The second-order valence-corrected chi connectivity index (χ2v) is 9.60. The molecule has 0 aromatic heterocycles. The first-order valence-electron chi connectivity index (χ1n) is 13.0. The van der Waals surface area contributed by atoms with Gasteiger partial charge in [0.15, 0.2) is 0 Å². The van der Waals surface area contributed by atoms with Gasteiger partial charge in [-0.25, -0.2) is 0 Å². The van der Waals surface area contributed by atoms with Gasteiger partial charge in [0.2, 0.25) is 0 Å². The van der Waals surface area contributed by atoms with Gasteiger partial charge >= 0.3 is 5.97 Å². The molecule has 0 radical (unpaired) electrons. The fraction of sp³-hybridized carbons (Fsp3) is 0.281. The highest BCUT2D eigenvalue weighted by Gasteiger charge is 2.26. The summed E-state index contributed by atoms with van der Waals surface area (Å²) in [5, 5.41) is 6.28. The van der Waals surface area contributed by atoms with Crippen molar-refractivity contribution < 1.29 is 14.3 Å². The van der Waals surface area contributed by atoms with E-state index < -0.39 is 0 Å². The fourth-order valence-electron chi connectivity index (χ4n) is 5.12. The Morgan fingerprint density at radius 2 is 1.81 bits per heavy atom. The van der Waals surface area contributed by atoms with Crippen molar-refractivity contribution in [1.82, 2.24) is 5.32 Å². The lowest BCUT2D eigenvalue weighted by atomic mass is 9.99. The van der Waals surface area contributed by atoms with Gasteiger partial charge in [-0.15, -0.1) is 0 Å². The van der Waals surface area contributed by atoms with Gasteiger partial charge in [-0.3, -0.25) is 4.79 Å². The molecular weight excluding hydrogens is 460 g/mol. The second-order valence-electron chi connectivity index (χ2n) is 9.60. The van der Waals surface area contributed by atoms with Crippen LogP contribution in [0.5, 0.6) is 5.75 Å². The lowest BCUT2D eigenvalue weighted by Gasteiger charge is -2.36. The van der Waals surface area contributed by atoms with Crippen molar-refractivity contribution in [2.75, 3.05) is 25.1 Å². The van der Waals surface area contributed by atoms with E-state index in [2.05, 4.69) is 89.9 Å². The molecule has 5 heteroatoms. The first kappa shape index (κ1) is 24.8. The molecule has 0 spiro atoms. The van der Waals surface area contributed by atoms with E-state index in [1.165, 1.54) is 23.4 Å². The molecule has 0 bridgehead atoms. The van der Waals surface area contributed by atoms with Crippen LogP contribution in [0.3, 0.4) is 0 Å². The van der Waals surface area contributed by atoms with E-state index in [0.717, 1.165) is 42.2 Å². The van der Waals surface area contributed by atoms with E-state index in [-0.39, 0.29) is 18.1 Å². The van der Waals surface area contributed by atoms with Crippen LogP contribution in [0.25, 0.3) is 10.8 Å². The lowest BCUT2D eigenvalue weighted by Crippen LogP contribution is -2.39. The number of aryl methyl sites for hydroxylation is 1. The lowest BCUT2D eigenvalue weighted by molar-refractivity contribution is -0.140. The summed E-state index contributed by atoms with van der Waals surface area (Å²) in [6.07, 6.45) is 1.98. The molecule has 1 unspecified atom stereocenters. The SMILES string of the molecule is COC(=O)CCc1cccc(N2CC(CCN[C@H](C)c3cccc4ccccc34)Oc3ccccc32)c1.